The molecular weight excluding hydrogens is 236 g/mol. The van der Waals surface area contributed by atoms with Crippen molar-refractivity contribution in [3.63, 3.8) is 0 Å². The second kappa shape index (κ2) is 4.36. The minimum atomic E-state index is -0.240. The molecule has 19 heavy (non-hydrogen) atoms. The Labute approximate surface area is 115 Å². The molecule has 0 bridgehead atoms. The molecule has 1 saturated carbocycles. The Hall–Kier alpha value is -1.31. The molecule has 1 fully saturated rings. The molecule has 2 aliphatic rings. The zero-order valence-corrected chi connectivity index (χ0v) is 12.0. The third-order valence-electron chi connectivity index (χ3n) is 4.49. The van der Waals surface area contributed by atoms with Crippen LogP contribution in [0, 0.1) is 18.8 Å². The lowest BCUT2D eigenvalue weighted by Crippen LogP contribution is -2.47. The van der Waals surface area contributed by atoms with E-state index >= 15 is 0 Å². The molecule has 2 nitrogen and oxygen atoms in total. The maximum Gasteiger partial charge on any atom is 0.170 e. The molecule has 1 aliphatic carbocycles. The first-order chi connectivity index (χ1) is 8.97. The number of hydrogen-bond donors (Lipinski definition) is 0. The van der Waals surface area contributed by atoms with Crippen LogP contribution >= 0.6 is 0 Å². The molecule has 0 N–H and O–H groups in total. The van der Waals surface area contributed by atoms with Gasteiger partial charge in [0, 0.05) is 0 Å². The van der Waals surface area contributed by atoms with Gasteiger partial charge in [0.05, 0.1) is 12.0 Å². The Morgan fingerprint density at radius 2 is 1.89 bits per heavy atom. The first-order valence-corrected chi connectivity index (χ1v) is 7.30. The van der Waals surface area contributed by atoms with Gasteiger partial charge in [0.2, 0.25) is 0 Å². The lowest BCUT2D eigenvalue weighted by Gasteiger charge is -2.45. The molecular formula is C17H22O2. The zero-order valence-electron chi connectivity index (χ0n) is 12.0. The van der Waals surface area contributed by atoms with Crippen LogP contribution in [0.3, 0.4) is 0 Å². The molecule has 1 spiro atoms. The summed E-state index contributed by atoms with van der Waals surface area (Å²) in [4.78, 5) is 12.4. The van der Waals surface area contributed by atoms with E-state index < -0.39 is 0 Å². The van der Waals surface area contributed by atoms with Crippen LogP contribution in [0.2, 0.25) is 0 Å². The standard InChI is InChI=1S/C17H22O2/c1-11-4-5-16-14(7-11)15(18)10-17(19-16)8-12(2)6-13(3)9-17/h4-5,7,12-13H,6,8-10H2,1-3H3. The van der Waals surface area contributed by atoms with Gasteiger partial charge in [0.25, 0.3) is 0 Å². The van der Waals surface area contributed by atoms with Crippen molar-refractivity contribution in [2.24, 2.45) is 11.8 Å². The first kappa shape index (κ1) is 12.7. The molecule has 2 atom stereocenters. The van der Waals surface area contributed by atoms with E-state index in [4.69, 9.17) is 4.74 Å². The van der Waals surface area contributed by atoms with Gasteiger partial charge in [0.15, 0.2) is 5.78 Å². The SMILES string of the molecule is Cc1ccc2c(c1)C(=O)CC1(CC(C)CC(C)C1)O2. The van der Waals surface area contributed by atoms with Crippen molar-refractivity contribution in [2.45, 2.75) is 52.1 Å². The van der Waals surface area contributed by atoms with Gasteiger partial charge in [-0.25, -0.2) is 0 Å². The Morgan fingerprint density at radius 3 is 2.58 bits per heavy atom. The minimum absolute atomic E-state index is 0.240. The number of ketones is 1. The average molecular weight is 258 g/mol. The summed E-state index contributed by atoms with van der Waals surface area (Å²) in [7, 11) is 0. The van der Waals surface area contributed by atoms with Crippen LogP contribution in [-0.2, 0) is 0 Å². The van der Waals surface area contributed by atoms with E-state index in [2.05, 4.69) is 13.8 Å². The van der Waals surface area contributed by atoms with E-state index in [1.165, 1.54) is 6.42 Å². The largest absolute Gasteiger partial charge is 0.486 e. The normalized spacial score (nSPS) is 33.9. The third kappa shape index (κ3) is 2.29. The highest BCUT2D eigenvalue weighted by Crippen LogP contribution is 2.45. The predicted octanol–water partition coefficient (Wildman–Crippen LogP) is 4.16. The molecule has 1 heterocycles. The number of hydrogen-bond acceptors (Lipinski definition) is 2. The molecule has 102 valence electrons. The average Bonchev–Trinajstić information content (AvgIpc) is 2.28. The van der Waals surface area contributed by atoms with Crippen molar-refractivity contribution in [2.75, 3.05) is 0 Å². The van der Waals surface area contributed by atoms with Gasteiger partial charge in [-0.05, 0) is 50.2 Å². The van der Waals surface area contributed by atoms with Gasteiger partial charge in [-0.3, -0.25) is 4.79 Å². The highest BCUT2D eigenvalue weighted by molar-refractivity contribution is 6.00. The number of carbonyl (C=O) groups is 1. The van der Waals surface area contributed by atoms with Crippen LogP contribution in [0.15, 0.2) is 18.2 Å². The maximum absolute atomic E-state index is 12.4. The molecule has 1 aromatic carbocycles. The van der Waals surface area contributed by atoms with Gasteiger partial charge in [-0.1, -0.05) is 25.5 Å². The van der Waals surface area contributed by atoms with Crippen molar-refractivity contribution >= 4 is 5.78 Å². The molecule has 0 saturated heterocycles. The first-order valence-electron chi connectivity index (χ1n) is 7.30. The third-order valence-corrected chi connectivity index (χ3v) is 4.49. The number of Topliss-reactive ketones (excluding diaryl/α,β-unsaturated/α-hetero) is 1. The lowest BCUT2D eigenvalue weighted by atomic mass is 9.70. The molecule has 2 heteroatoms. The molecule has 2 unspecified atom stereocenters. The van der Waals surface area contributed by atoms with E-state index in [9.17, 15) is 4.79 Å². The van der Waals surface area contributed by atoms with Crippen LogP contribution in [0.25, 0.3) is 0 Å². The summed E-state index contributed by atoms with van der Waals surface area (Å²) in [5.74, 6) is 2.33. The van der Waals surface area contributed by atoms with Crippen molar-refractivity contribution in [3.05, 3.63) is 29.3 Å². The summed E-state index contributed by atoms with van der Waals surface area (Å²) in [5.41, 5.74) is 1.66. The van der Waals surface area contributed by atoms with Crippen molar-refractivity contribution < 1.29 is 9.53 Å². The molecule has 0 radical (unpaired) electrons. The lowest BCUT2D eigenvalue weighted by molar-refractivity contribution is -0.0173. The maximum atomic E-state index is 12.4. The molecule has 0 aromatic heterocycles. The van der Waals surface area contributed by atoms with Gasteiger partial charge in [0.1, 0.15) is 11.4 Å². The van der Waals surface area contributed by atoms with Gasteiger partial charge in [-0.2, -0.15) is 0 Å². The molecule has 1 aliphatic heterocycles. The van der Waals surface area contributed by atoms with Gasteiger partial charge >= 0.3 is 0 Å². The van der Waals surface area contributed by atoms with Crippen LogP contribution in [0.1, 0.15) is 55.5 Å². The summed E-state index contributed by atoms with van der Waals surface area (Å²) in [6, 6.07) is 5.95. The fourth-order valence-electron chi connectivity index (χ4n) is 4.04. The zero-order chi connectivity index (χ0) is 13.6. The summed E-state index contributed by atoms with van der Waals surface area (Å²) < 4.78 is 6.31. The summed E-state index contributed by atoms with van der Waals surface area (Å²) >= 11 is 0. The van der Waals surface area contributed by atoms with E-state index in [1.54, 1.807) is 0 Å². The number of rotatable bonds is 0. The summed E-state index contributed by atoms with van der Waals surface area (Å²) in [5, 5.41) is 0. The highest BCUT2D eigenvalue weighted by Gasteiger charge is 2.45. The Bertz CT molecular complexity index is 508. The number of benzene rings is 1. The number of aryl methyl sites for hydroxylation is 1. The second-order valence-corrected chi connectivity index (χ2v) is 6.74. The molecule has 0 amide bonds. The number of ether oxygens (including phenoxy) is 1. The van der Waals surface area contributed by atoms with E-state index in [0.29, 0.717) is 18.3 Å². The van der Waals surface area contributed by atoms with Gasteiger partial charge in [-0.15, -0.1) is 0 Å². The highest BCUT2D eigenvalue weighted by atomic mass is 16.5. The summed E-state index contributed by atoms with van der Waals surface area (Å²) in [6.07, 6.45) is 3.82. The second-order valence-electron chi connectivity index (χ2n) is 6.74. The van der Waals surface area contributed by atoms with Crippen LogP contribution in [-0.4, -0.2) is 11.4 Å². The fraction of sp³-hybridized carbons (Fsp3) is 0.588. The quantitative estimate of drug-likeness (QED) is 0.698. The summed E-state index contributed by atoms with van der Waals surface area (Å²) in [6.45, 7) is 6.56. The van der Waals surface area contributed by atoms with Crippen molar-refractivity contribution in [3.8, 4) is 5.75 Å². The van der Waals surface area contributed by atoms with Crippen molar-refractivity contribution in [1.82, 2.24) is 0 Å². The minimum Gasteiger partial charge on any atom is -0.486 e. The Balaban J connectivity index is 1.96. The van der Waals surface area contributed by atoms with E-state index in [1.807, 2.05) is 25.1 Å². The predicted molar refractivity (Wildman–Crippen MR) is 75.7 cm³/mol. The Kier molecular flexibility index (Phi) is 2.92. The van der Waals surface area contributed by atoms with Crippen LogP contribution < -0.4 is 4.74 Å². The molecule has 1 aromatic rings. The van der Waals surface area contributed by atoms with Crippen molar-refractivity contribution in [1.29, 1.82) is 0 Å². The van der Waals surface area contributed by atoms with Gasteiger partial charge < -0.3 is 4.74 Å². The fourth-order valence-corrected chi connectivity index (χ4v) is 4.04. The number of carbonyl (C=O) groups excluding carboxylic acids is 1. The number of fused-ring (bicyclic) bond motifs is 1. The molecule has 3 rings (SSSR count). The van der Waals surface area contributed by atoms with Crippen LogP contribution in [0.5, 0.6) is 5.75 Å². The Morgan fingerprint density at radius 1 is 1.21 bits per heavy atom. The monoisotopic (exact) mass is 258 g/mol. The smallest absolute Gasteiger partial charge is 0.170 e. The van der Waals surface area contributed by atoms with E-state index in [-0.39, 0.29) is 11.4 Å². The van der Waals surface area contributed by atoms with Crippen LogP contribution in [0.4, 0.5) is 0 Å². The topological polar surface area (TPSA) is 26.3 Å². The van der Waals surface area contributed by atoms with E-state index in [0.717, 1.165) is 29.7 Å².